The zero-order valence-electron chi connectivity index (χ0n) is 11.2. The zero-order valence-corrected chi connectivity index (χ0v) is 11.2. The Balaban J connectivity index is 1.82. The van der Waals surface area contributed by atoms with Gasteiger partial charge in [0.05, 0.1) is 23.2 Å². The van der Waals surface area contributed by atoms with Gasteiger partial charge in [-0.1, -0.05) is 0 Å². The van der Waals surface area contributed by atoms with E-state index in [2.05, 4.69) is 4.98 Å². The Morgan fingerprint density at radius 1 is 1.50 bits per heavy atom. The van der Waals surface area contributed by atoms with Crippen LogP contribution in [-0.4, -0.2) is 35.2 Å². The van der Waals surface area contributed by atoms with E-state index in [1.165, 1.54) is 0 Å². The molecular weight excluding hydrogens is 265 g/mol. The molecule has 3 rings (SSSR count). The van der Waals surface area contributed by atoms with Gasteiger partial charge in [0.2, 0.25) is 0 Å². The molecule has 0 N–H and O–H groups in total. The van der Waals surface area contributed by atoms with Crippen LogP contribution in [-0.2, 0) is 4.74 Å². The van der Waals surface area contributed by atoms with Gasteiger partial charge in [-0.25, -0.2) is 9.37 Å². The molecule has 1 aromatic rings. The summed E-state index contributed by atoms with van der Waals surface area (Å²) < 4.78 is 19.9. The molecule has 108 valence electrons. The molecule has 1 aliphatic heterocycles. The van der Waals surface area contributed by atoms with Gasteiger partial charge in [0.25, 0.3) is 5.69 Å². The summed E-state index contributed by atoms with van der Waals surface area (Å²) in [5.41, 5.74) is -0.327. The van der Waals surface area contributed by atoms with Crippen LogP contribution in [0.3, 0.4) is 0 Å². The zero-order chi connectivity index (χ0) is 14.3. The second-order valence-electron chi connectivity index (χ2n) is 5.48. The maximum Gasteiger partial charge on any atom is 0.290 e. The topological polar surface area (TPSA) is 68.5 Å². The Kier molecular flexibility index (Phi) is 3.29. The Bertz CT molecular complexity index is 536. The molecule has 2 fully saturated rings. The van der Waals surface area contributed by atoms with Gasteiger partial charge in [-0.2, -0.15) is 0 Å². The van der Waals surface area contributed by atoms with Crippen molar-refractivity contribution in [3.05, 3.63) is 28.2 Å². The monoisotopic (exact) mass is 281 g/mol. The first-order valence-electron chi connectivity index (χ1n) is 6.75. The van der Waals surface area contributed by atoms with Crippen molar-refractivity contribution in [2.45, 2.75) is 32.0 Å². The minimum Gasteiger partial charge on any atom is -0.371 e. The van der Waals surface area contributed by atoms with Crippen molar-refractivity contribution in [2.75, 3.05) is 18.0 Å². The number of hydrogen-bond acceptors (Lipinski definition) is 5. The molecule has 0 spiro atoms. The van der Waals surface area contributed by atoms with Gasteiger partial charge >= 0.3 is 0 Å². The van der Waals surface area contributed by atoms with Crippen molar-refractivity contribution >= 4 is 11.5 Å². The van der Waals surface area contributed by atoms with Crippen LogP contribution in [0.4, 0.5) is 15.9 Å². The quantitative estimate of drug-likeness (QED) is 0.627. The minimum atomic E-state index is -0.650. The van der Waals surface area contributed by atoms with Crippen molar-refractivity contribution in [2.24, 2.45) is 5.92 Å². The average Bonchev–Trinajstić information content (AvgIpc) is 3.21. The summed E-state index contributed by atoms with van der Waals surface area (Å²) in [6, 6.07) is 0.925. The fourth-order valence-electron chi connectivity index (χ4n) is 2.64. The first kappa shape index (κ1) is 13.2. The Morgan fingerprint density at radius 3 is 2.85 bits per heavy atom. The first-order valence-corrected chi connectivity index (χ1v) is 6.75. The molecule has 20 heavy (non-hydrogen) atoms. The minimum absolute atomic E-state index is 0.00532. The third-order valence-electron chi connectivity index (χ3n) is 3.75. The Hall–Kier alpha value is -1.76. The third kappa shape index (κ3) is 2.58. The number of anilines is 1. The van der Waals surface area contributed by atoms with Gasteiger partial charge in [-0.15, -0.1) is 0 Å². The Morgan fingerprint density at radius 2 is 2.25 bits per heavy atom. The normalized spacial score (nSPS) is 26.6. The van der Waals surface area contributed by atoms with Gasteiger partial charge in [0.1, 0.15) is 6.20 Å². The fraction of sp³-hybridized carbons (Fsp3) is 0.615. The number of nitro groups is 1. The van der Waals surface area contributed by atoms with E-state index < -0.39 is 10.7 Å². The van der Waals surface area contributed by atoms with Gasteiger partial charge in [-0.3, -0.25) is 10.1 Å². The van der Waals surface area contributed by atoms with E-state index in [0.29, 0.717) is 19.0 Å². The maximum absolute atomic E-state index is 14.0. The molecule has 1 aromatic heterocycles. The fourth-order valence-corrected chi connectivity index (χ4v) is 2.64. The van der Waals surface area contributed by atoms with Crippen LogP contribution in [0.5, 0.6) is 0 Å². The van der Waals surface area contributed by atoms with Gasteiger partial charge < -0.3 is 9.64 Å². The van der Waals surface area contributed by atoms with E-state index in [1.807, 2.05) is 11.8 Å². The molecule has 1 saturated heterocycles. The Labute approximate surface area is 115 Å². The second kappa shape index (κ2) is 4.97. The summed E-state index contributed by atoms with van der Waals surface area (Å²) in [6.07, 6.45) is 3.52. The van der Waals surface area contributed by atoms with Crippen LogP contribution >= 0.6 is 0 Å². The number of morpholine rings is 1. The van der Waals surface area contributed by atoms with Crippen LogP contribution in [0.2, 0.25) is 0 Å². The van der Waals surface area contributed by atoms with E-state index in [0.717, 1.165) is 25.1 Å². The molecule has 0 aromatic carbocycles. The summed E-state index contributed by atoms with van der Waals surface area (Å²) in [5.74, 6) is 0.0839. The van der Waals surface area contributed by atoms with E-state index in [4.69, 9.17) is 4.74 Å². The van der Waals surface area contributed by atoms with Gasteiger partial charge in [0, 0.05) is 13.1 Å². The van der Waals surface area contributed by atoms with Gasteiger partial charge in [0.15, 0.2) is 11.6 Å². The van der Waals surface area contributed by atoms with Crippen LogP contribution in [0.1, 0.15) is 19.8 Å². The highest BCUT2D eigenvalue weighted by atomic mass is 19.1. The van der Waals surface area contributed by atoms with Crippen molar-refractivity contribution in [3.8, 4) is 0 Å². The van der Waals surface area contributed by atoms with Crippen LogP contribution in [0.25, 0.3) is 0 Å². The second-order valence-corrected chi connectivity index (χ2v) is 5.48. The molecule has 2 aliphatic rings. The number of rotatable bonds is 3. The molecule has 2 unspecified atom stereocenters. The molecule has 2 atom stereocenters. The number of nitrogens with zero attached hydrogens (tertiary/aromatic N) is 3. The highest BCUT2D eigenvalue weighted by Gasteiger charge is 2.38. The molecule has 1 saturated carbocycles. The van der Waals surface area contributed by atoms with E-state index in [9.17, 15) is 14.5 Å². The predicted octanol–water partition coefficient (Wildman–Crippen LogP) is 2.13. The first-order chi connectivity index (χ1) is 9.54. The largest absolute Gasteiger partial charge is 0.371 e. The predicted molar refractivity (Wildman–Crippen MR) is 70.1 cm³/mol. The smallest absolute Gasteiger partial charge is 0.290 e. The summed E-state index contributed by atoms with van der Waals surface area (Å²) in [7, 11) is 0. The third-order valence-corrected chi connectivity index (χ3v) is 3.75. The number of hydrogen-bond donors (Lipinski definition) is 0. The summed E-state index contributed by atoms with van der Waals surface area (Å²) >= 11 is 0. The lowest BCUT2D eigenvalue weighted by Crippen LogP contribution is -2.48. The van der Waals surface area contributed by atoms with Crippen molar-refractivity contribution in [3.63, 3.8) is 0 Å². The van der Waals surface area contributed by atoms with Crippen molar-refractivity contribution in [1.29, 1.82) is 0 Å². The molecule has 0 radical (unpaired) electrons. The molecule has 0 bridgehead atoms. The molecule has 6 nitrogen and oxygen atoms in total. The molecule has 0 amide bonds. The van der Waals surface area contributed by atoms with Crippen LogP contribution < -0.4 is 4.90 Å². The maximum atomic E-state index is 14.0. The van der Waals surface area contributed by atoms with Crippen LogP contribution in [0.15, 0.2) is 12.3 Å². The summed E-state index contributed by atoms with van der Waals surface area (Å²) in [4.78, 5) is 15.7. The SMILES string of the molecule is CC1CN(c2ncc([N+](=O)[O-])cc2F)CC(C2CC2)O1. The standard InChI is InChI=1S/C13H16FN3O3/c1-8-6-16(7-12(20-8)9-2-3-9)13-11(14)4-10(5-15-13)17(18)19/h4-5,8-9,12H,2-3,6-7H2,1H3. The van der Waals surface area contributed by atoms with Gasteiger partial charge in [-0.05, 0) is 25.7 Å². The summed E-state index contributed by atoms with van der Waals surface area (Å²) in [5, 5.41) is 10.6. The van der Waals surface area contributed by atoms with Crippen molar-refractivity contribution < 1.29 is 14.1 Å². The lowest BCUT2D eigenvalue weighted by Gasteiger charge is -2.37. The number of pyridine rings is 1. The average molecular weight is 281 g/mol. The summed E-state index contributed by atoms with van der Waals surface area (Å²) in [6.45, 7) is 3.09. The highest BCUT2D eigenvalue weighted by molar-refractivity contribution is 5.45. The number of ether oxygens (including phenoxy) is 1. The molecule has 7 heteroatoms. The lowest BCUT2D eigenvalue weighted by atomic mass is 10.1. The molecular formula is C13H16FN3O3. The number of aromatic nitrogens is 1. The van der Waals surface area contributed by atoms with Crippen molar-refractivity contribution in [1.82, 2.24) is 4.98 Å². The molecule has 1 aliphatic carbocycles. The van der Waals surface area contributed by atoms with Crippen LogP contribution in [0, 0.1) is 21.8 Å². The highest BCUT2D eigenvalue weighted by Crippen LogP contribution is 2.37. The van der Waals surface area contributed by atoms with E-state index in [-0.39, 0.29) is 23.7 Å². The van der Waals surface area contributed by atoms with E-state index >= 15 is 0 Å². The number of halogens is 1. The molecule has 2 heterocycles. The van der Waals surface area contributed by atoms with E-state index in [1.54, 1.807) is 0 Å². The lowest BCUT2D eigenvalue weighted by molar-refractivity contribution is -0.385.